The van der Waals surface area contributed by atoms with Crippen molar-refractivity contribution in [3.05, 3.63) is 71.2 Å². The molecule has 0 aliphatic heterocycles. The summed E-state index contributed by atoms with van der Waals surface area (Å²) >= 11 is 0. The average molecular weight is 357 g/mol. The van der Waals surface area contributed by atoms with Gasteiger partial charge in [0.25, 0.3) is 5.91 Å². The van der Waals surface area contributed by atoms with Crippen LogP contribution in [0.2, 0.25) is 0 Å². The SMILES string of the molecule is Cc1cc(C)n(CCNC(=O)c2ccc(COc3ccc(F)cc3)o2)n1. The normalized spacial score (nSPS) is 10.7. The van der Waals surface area contributed by atoms with Crippen LogP contribution in [0.4, 0.5) is 4.39 Å². The van der Waals surface area contributed by atoms with Gasteiger partial charge < -0.3 is 14.5 Å². The van der Waals surface area contributed by atoms with E-state index in [9.17, 15) is 9.18 Å². The number of carbonyl (C=O) groups is 1. The van der Waals surface area contributed by atoms with Gasteiger partial charge in [-0.25, -0.2) is 4.39 Å². The fraction of sp³-hybridized carbons (Fsp3) is 0.263. The van der Waals surface area contributed by atoms with Crippen molar-refractivity contribution in [2.75, 3.05) is 6.54 Å². The molecule has 3 rings (SSSR count). The molecule has 0 saturated heterocycles. The highest BCUT2D eigenvalue weighted by Gasteiger charge is 2.11. The van der Waals surface area contributed by atoms with Gasteiger partial charge in [0.1, 0.15) is 23.9 Å². The van der Waals surface area contributed by atoms with Crippen LogP contribution >= 0.6 is 0 Å². The lowest BCUT2D eigenvalue weighted by molar-refractivity contribution is 0.0920. The standard InChI is InChI=1S/C19H20FN3O3/c1-13-11-14(2)23(22-13)10-9-21-19(24)18-8-7-17(26-18)12-25-16-5-3-15(20)4-6-16/h3-8,11H,9-10,12H2,1-2H3,(H,21,24). The first-order valence-electron chi connectivity index (χ1n) is 8.27. The van der Waals surface area contributed by atoms with E-state index in [-0.39, 0.29) is 24.1 Å². The second kappa shape index (κ2) is 7.86. The van der Waals surface area contributed by atoms with Crippen LogP contribution < -0.4 is 10.1 Å². The average Bonchev–Trinajstić information content (AvgIpc) is 3.21. The summed E-state index contributed by atoms with van der Waals surface area (Å²) in [5.74, 6) is 0.641. The minimum absolute atomic E-state index is 0.157. The van der Waals surface area contributed by atoms with Crippen molar-refractivity contribution in [1.29, 1.82) is 0 Å². The quantitative estimate of drug-likeness (QED) is 0.705. The van der Waals surface area contributed by atoms with Gasteiger partial charge in [0, 0.05) is 12.2 Å². The number of ether oxygens (including phenoxy) is 1. The van der Waals surface area contributed by atoms with Crippen molar-refractivity contribution >= 4 is 5.91 Å². The number of halogens is 1. The Morgan fingerprint density at radius 1 is 1.23 bits per heavy atom. The minimum atomic E-state index is -0.324. The topological polar surface area (TPSA) is 69.3 Å². The van der Waals surface area contributed by atoms with Gasteiger partial charge in [0.15, 0.2) is 5.76 Å². The number of benzene rings is 1. The molecule has 0 aliphatic carbocycles. The van der Waals surface area contributed by atoms with Gasteiger partial charge in [-0.05, 0) is 56.3 Å². The molecule has 0 aliphatic rings. The fourth-order valence-corrected chi connectivity index (χ4v) is 2.53. The summed E-state index contributed by atoms with van der Waals surface area (Å²) in [6, 6.07) is 11.0. The lowest BCUT2D eigenvalue weighted by Gasteiger charge is -2.06. The predicted octanol–water partition coefficient (Wildman–Crippen LogP) is 3.24. The molecular weight excluding hydrogens is 337 g/mol. The molecule has 6 nitrogen and oxygen atoms in total. The molecule has 3 aromatic rings. The van der Waals surface area contributed by atoms with Crippen molar-refractivity contribution < 1.29 is 18.3 Å². The molecule has 0 radical (unpaired) electrons. The van der Waals surface area contributed by atoms with Crippen LogP contribution in [0.25, 0.3) is 0 Å². The van der Waals surface area contributed by atoms with Gasteiger partial charge in [0.05, 0.1) is 12.2 Å². The van der Waals surface area contributed by atoms with E-state index in [1.54, 1.807) is 12.1 Å². The van der Waals surface area contributed by atoms with Gasteiger partial charge in [-0.3, -0.25) is 9.48 Å². The Labute approximate surface area is 150 Å². The van der Waals surface area contributed by atoms with Gasteiger partial charge in [-0.15, -0.1) is 0 Å². The number of nitrogens with zero attached hydrogens (tertiary/aromatic N) is 2. The van der Waals surface area contributed by atoms with Crippen molar-refractivity contribution in [2.24, 2.45) is 0 Å². The Bertz CT molecular complexity index is 884. The Morgan fingerprint density at radius 3 is 2.69 bits per heavy atom. The van der Waals surface area contributed by atoms with Crippen LogP contribution in [0.15, 0.2) is 46.9 Å². The second-order valence-corrected chi connectivity index (χ2v) is 5.91. The zero-order chi connectivity index (χ0) is 18.5. The Hall–Kier alpha value is -3.09. The van der Waals surface area contributed by atoms with E-state index in [0.29, 0.717) is 24.6 Å². The van der Waals surface area contributed by atoms with E-state index in [0.717, 1.165) is 11.4 Å². The molecule has 2 heterocycles. The maximum Gasteiger partial charge on any atom is 0.287 e. The number of hydrogen-bond donors (Lipinski definition) is 1. The minimum Gasteiger partial charge on any atom is -0.486 e. The summed E-state index contributed by atoms with van der Waals surface area (Å²) in [7, 11) is 0. The van der Waals surface area contributed by atoms with Crippen molar-refractivity contribution in [3.63, 3.8) is 0 Å². The van der Waals surface area contributed by atoms with Crippen LogP contribution in [-0.4, -0.2) is 22.2 Å². The number of carbonyl (C=O) groups excluding carboxylic acids is 1. The molecule has 26 heavy (non-hydrogen) atoms. The molecule has 1 N–H and O–H groups in total. The molecule has 0 spiro atoms. The van der Waals surface area contributed by atoms with Crippen LogP contribution in [0.5, 0.6) is 5.75 Å². The molecule has 136 valence electrons. The Kier molecular flexibility index (Phi) is 5.36. The van der Waals surface area contributed by atoms with Crippen LogP contribution in [-0.2, 0) is 13.2 Å². The van der Waals surface area contributed by atoms with Crippen molar-refractivity contribution in [3.8, 4) is 5.75 Å². The Balaban J connectivity index is 1.48. The third-order valence-electron chi connectivity index (χ3n) is 3.79. The van der Waals surface area contributed by atoms with Gasteiger partial charge in [0.2, 0.25) is 0 Å². The molecule has 0 saturated carbocycles. The first kappa shape index (κ1) is 17.7. The summed E-state index contributed by atoms with van der Waals surface area (Å²) in [6.45, 7) is 5.10. The summed E-state index contributed by atoms with van der Waals surface area (Å²) < 4.78 is 25.7. The first-order chi connectivity index (χ1) is 12.5. The number of furan rings is 1. The maximum atomic E-state index is 12.9. The molecule has 7 heteroatoms. The number of aromatic nitrogens is 2. The zero-order valence-corrected chi connectivity index (χ0v) is 14.7. The van der Waals surface area contributed by atoms with Gasteiger partial charge in [-0.2, -0.15) is 5.10 Å². The lowest BCUT2D eigenvalue weighted by atomic mass is 10.3. The molecule has 0 fully saturated rings. The monoisotopic (exact) mass is 357 g/mol. The third-order valence-corrected chi connectivity index (χ3v) is 3.79. The van der Waals surface area contributed by atoms with Gasteiger partial charge in [-0.1, -0.05) is 0 Å². The van der Waals surface area contributed by atoms with Crippen LogP contribution in [0.1, 0.15) is 27.7 Å². The number of hydrogen-bond acceptors (Lipinski definition) is 4. The number of rotatable bonds is 7. The van der Waals surface area contributed by atoms with Crippen LogP contribution in [0.3, 0.4) is 0 Å². The molecule has 0 unspecified atom stereocenters. The predicted molar refractivity (Wildman–Crippen MR) is 93.5 cm³/mol. The summed E-state index contributed by atoms with van der Waals surface area (Å²) in [4.78, 5) is 12.1. The summed E-state index contributed by atoms with van der Waals surface area (Å²) in [5.41, 5.74) is 2.00. The smallest absolute Gasteiger partial charge is 0.287 e. The highest BCUT2D eigenvalue weighted by Crippen LogP contribution is 2.15. The highest BCUT2D eigenvalue weighted by molar-refractivity contribution is 5.91. The zero-order valence-electron chi connectivity index (χ0n) is 14.7. The number of aryl methyl sites for hydroxylation is 2. The molecule has 2 aromatic heterocycles. The molecule has 1 amide bonds. The van der Waals surface area contributed by atoms with Gasteiger partial charge >= 0.3 is 0 Å². The van der Waals surface area contributed by atoms with Crippen LogP contribution in [0, 0.1) is 19.7 Å². The van der Waals surface area contributed by atoms with E-state index in [4.69, 9.17) is 9.15 Å². The second-order valence-electron chi connectivity index (χ2n) is 5.91. The number of nitrogens with one attached hydrogen (secondary N) is 1. The van der Waals surface area contributed by atoms with Crippen molar-refractivity contribution in [2.45, 2.75) is 27.0 Å². The van der Waals surface area contributed by atoms with E-state index < -0.39 is 0 Å². The molecule has 0 atom stereocenters. The highest BCUT2D eigenvalue weighted by atomic mass is 19.1. The largest absolute Gasteiger partial charge is 0.486 e. The van der Waals surface area contributed by atoms with Crippen molar-refractivity contribution in [1.82, 2.24) is 15.1 Å². The molecular formula is C19H20FN3O3. The first-order valence-corrected chi connectivity index (χ1v) is 8.27. The Morgan fingerprint density at radius 2 is 2.00 bits per heavy atom. The fourth-order valence-electron chi connectivity index (χ4n) is 2.53. The molecule has 0 bridgehead atoms. The van der Waals surface area contributed by atoms with E-state index in [1.165, 1.54) is 24.3 Å². The summed E-state index contributed by atoms with van der Waals surface area (Å²) in [6.07, 6.45) is 0. The summed E-state index contributed by atoms with van der Waals surface area (Å²) in [5, 5.41) is 7.15. The number of amides is 1. The van der Waals surface area contributed by atoms with E-state index >= 15 is 0 Å². The third kappa shape index (κ3) is 4.50. The maximum absolute atomic E-state index is 12.9. The molecule has 1 aromatic carbocycles. The lowest BCUT2D eigenvalue weighted by Crippen LogP contribution is -2.27. The van der Waals surface area contributed by atoms with E-state index in [2.05, 4.69) is 10.4 Å². The van der Waals surface area contributed by atoms with E-state index in [1.807, 2.05) is 24.6 Å².